The van der Waals surface area contributed by atoms with Gasteiger partial charge in [0.05, 0.1) is 12.8 Å². The molecule has 1 aromatic heterocycles. The van der Waals surface area contributed by atoms with Crippen molar-refractivity contribution in [1.82, 2.24) is 15.5 Å². The third-order valence-corrected chi connectivity index (χ3v) is 3.92. The summed E-state index contributed by atoms with van der Waals surface area (Å²) in [5, 5.41) is 11.5. The van der Waals surface area contributed by atoms with Crippen molar-refractivity contribution >= 4 is 0 Å². The number of methoxy groups -OCH3 is 1. The lowest BCUT2D eigenvalue weighted by atomic mass is 9.75. The molecule has 4 heteroatoms. The summed E-state index contributed by atoms with van der Waals surface area (Å²) in [7, 11) is 1.74. The van der Waals surface area contributed by atoms with Crippen LogP contribution in [0.25, 0.3) is 0 Å². The second kappa shape index (κ2) is 6.01. The maximum atomic E-state index is 5.43. The number of nitrogens with zero attached hydrogens (tertiary/aromatic N) is 2. The first-order valence-corrected chi connectivity index (χ1v) is 6.99. The summed E-state index contributed by atoms with van der Waals surface area (Å²) in [6.07, 6.45) is 4.01. The van der Waals surface area contributed by atoms with Crippen LogP contribution >= 0.6 is 0 Å². The van der Waals surface area contributed by atoms with Crippen molar-refractivity contribution in [1.29, 1.82) is 0 Å². The van der Waals surface area contributed by atoms with Gasteiger partial charge in [0.1, 0.15) is 5.75 Å². The summed E-state index contributed by atoms with van der Waals surface area (Å²) in [4.78, 5) is 0. The molecule has 0 bridgehead atoms. The fourth-order valence-corrected chi connectivity index (χ4v) is 2.72. The van der Waals surface area contributed by atoms with Crippen molar-refractivity contribution in [2.45, 2.75) is 31.3 Å². The fraction of sp³-hybridized carbons (Fsp3) is 0.375. The van der Waals surface area contributed by atoms with Crippen LogP contribution in [0.15, 0.2) is 42.6 Å². The predicted octanol–water partition coefficient (Wildman–Crippen LogP) is 2.52. The lowest BCUT2D eigenvalue weighted by Crippen LogP contribution is -2.39. The molecule has 3 rings (SSSR count). The Labute approximate surface area is 119 Å². The first kappa shape index (κ1) is 13.1. The Morgan fingerprint density at radius 3 is 2.80 bits per heavy atom. The Morgan fingerprint density at radius 2 is 2.05 bits per heavy atom. The lowest BCUT2D eigenvalue weighted by molar-refractivity contribution is 0.281. The number of aromatic nitrogens is 2. The van der Waals surface area contributed by atoms with Gasteiger partial charge in [0.25, 0.3) is 0 Å². The maximum Gasteiger partial charge on any atom is 0.122 e. The van der Waals surface area contributed by atoms with Crippen LogP contribution < -0.4 is 10.1 Å². The predicted molar refractivity (Wildman–Crippen MR) is 77.6 cm³/mol. The summed E-state index contributed by atoms with van der Waals surface area (Å²) >= 11 is 0. The average molecular weight is 269 g/mol. The molecule has 0 aliphatic heterocycles. The molecule has 2 aromatic rings. The Kier molecular flexibility index (Phi) is 3.92. The number of ether oxygens (including phenoxy) is 1. The van der Waals surface area contributed by atoms with Gasteiger partial charge in [-0.1, -0.05) is 18.2 Å². The molecule has 4 nitrogen and oxygen atoms in total. The van der Waals surface area contributed by atoms with Gasteiger partial charge in [0.15, 0.2) is 0 Å². The smallest absolute Gasteiger partial charge is 0.122 e. The Hall–Kier alpha value is -1.94. The SMILES string of the molecule is COc1ccccc1C1CC(NCc2cccnn2)C1. The summed E-state index contributed by atoms with van der Waals surface area (Å²) in [5.41, 5.74) is 2.32. The Bertz CT molecular complexity index is 553. The van der Waals surface area contributed by atoms with E-state index >= 15 is 0 Å². The molecule has 0 saturated heterocycles. The molecule has 1 fully saturated rings. The van der Waals surface area contributed by atoms with Crippen LogP contribution in [0.4, 0.5) is 0 Å². The summed E-state index contributed by atoms with van der Waals surface area (Å²) in [5.74, 6) is 1.61. The van der Waals surface area contributed by atoms with Crippen LogP contribution in [-0.2, 0) is 6.54 Å². The van der Waals surface area contributed by atoms with E-state index in [-0.39, 0.29) is 0 Å². The van der Waals surface area contributed by atoms with E-state index in [1.54, 1.807) is 13.3 Å². The number of rotatable bonds is 5. The molecule has 1 heterocycles. The number of hydrogen-bond donors (Lipinski definition) is 1. The van der Waals surface area contributed by atoms with E-state index in [0.717, 1.165) is 30.8 Å². The third-order valence-electron chi connectivity index (χ3n) is 3.92. The molecule has 0 radical (unpaired) electrons. The molecular formula is C16H19N3O. The zero-order valence-corrected chi connectivity index (χ0v) is 11.6. The van der Waals surface area contributed by atoms with Gasteiger partial charge in [0.2, 0.25) is 0 Å². The summed E-state index contributed by atoms with van der Waals surface area (Å²) in [6, 6.07) is 12.8. The van der Waals surface area contributed by atoms with E-state index in [2.05, 4.69) is 27.6 Å². The zero-order valence-electron chi connectivity index (χ0n) is 11.6. The van der Waals surface area contributed by atoms with Crippen LogP contribution in [0.3, 0.4) is 0 Å². The Balaban J connectivity index is 1.51. The van der Waals surface area contributed by atoms with Gasteiger partial charge < -0.3 is 10.1 Å². The number of nitrogens with one attached hydrogen (secondary N) is 1. The molecule has 1 N–H and O–H groups in total. The molecule has 0 amide bonds. The number of benzene rings is 1. The van der Waals surface area contributed by atoms with Crippen LogP contribution in [-0.4, -0.2) is 23.3 Å². The van der Waals surface area contributed by atoms with Gasteiger partial charge in [-0.05, 0) is 42.5 Å². The van der Waals surface area contributed by atoms with E-state index in [1.807, 2.05) is 24.3 Å². The highest BCUT2D eigenvalue weighted by Crippen LogP contribution is 2.40. The molecule has 1 saturated carbocycles. The molecule has 0 unspecified atom stereocenters. The first-order valence-electron chi connectivity index (χ1n) is 6.99. The van der Waals surface area contributed by atoms with Crippen LogP contribution in [0, 0.1) is 0 Å². The second-order valence-electron chi connectivity index (χ2n) is 5.20. The largest absolute Gasteiger partial charge is 0.496 e. The topological polar surface area (TPSA) is 47.0 Å². The van der Waals surface area contributed by atoms with Gasteiger partial charge >= 0.3 is 0 Å². The maximum absolute atomic E-state index is 5.43. The minimum atomic E-state index is 0.562. The van der Waals surface area contributed by atoms with Gasteiger partial charge in [-0.3, -0.25) is 0 Å². The van der Waals surface area contributed by atoms with Crippen molar-refractivity contribution in [2.75, 3.05) is 7.11 Å². The van der Waals surface area contributed by atoms with Gasteiger partial charge in [-0.25, -0.2) is 0 Å². The van der Waals surface area contributed by atoms with Crippen LogP contribution in [0.2, 0.25) is 0 Å². The van der Waals surface area contributed by atoms with Gasteiger partial charge in [-0.15, -0.1) is 0 Å². The van der Waals surface area contributed by atoms with Crippen molar-refractivity contribution in [3.63, 3.8) is 0 Å². The van der Waals surface area contributed by atoms with Crippen molar-refractivity contribution < 1.29 is 4.74 Å². The summed E-state index contributed by atoms with van der Waals surface area (Å²) in [6.45, 7) is 0.789. The normalized spacial score (nSPS) is 21.2. The van der Waals surface area contributed by atoms with E-state index in [0.29, 0.717) is 12.0 Å². The highest BCUT2D eigenvalue weighted by molar-refractivity contribution is 5.37. The Morgan fingerprint density at radius 1 is 1.20 bits per heavy atom. The highest BCUT2D eigenvalue weighted by atomic mass is 16.5. The van der Waals surface area contributed by atoms with Crippen molar-refractivity contribution in [3.8, 4) is 5.75 Å². The minimum Gasteiger partial charge on any atom is -0.496 e. The first-order chi connectivity index (χ1) is 9.86. The number of hydrogen-bond acceptors (Lipinski definition) is 4. The van der Waals surface area contributed by atoms with Crippen molar-refractivity contribution in [3.05, 3.63) is 53.9 Å². The van der Waals surface area contributed by atoms with E-state index < -0.39 is 0 Å². The quantitative estimate of drug-likeness (QED) is 0.906. The van der Waals surface area contributed by atoms with Crippen LogP contribution in [0.5, 0.6) is 5.75 Å². The molecule has 1 aliphatic rings. The van der Waals surface area contributed by atoms with Crippen LogP contribution in [0.1, 0.15) is 30.0 Å². The highest BCUT2D eigenvalue weighted by Gasteiger charge is 2.31. The summed E-state index contributed by atoms with van der Waals surface area (Å²) < 4.78 is 5.43. The monoisotopic (exact) mass is 269 g/mol. The minimum absolute atomic E-state index is 0.562. The zero-order chi connectivity index (χ0) is 13.8. The van der Waals surface area contributed by atoms with E-state index in [4.69, 9.17) is 4.74 Å². The average Bonchev–Trinajstić information content (AvgIpc) is 2.47. The van der Waals surface area contributed by atoms with E-state index in [9.17, 15) is 0 Å². The molecular weight excluding hydrogens is 250 g/mol. The fourth-order valence-electron chi connectivity index (χ4n) is 2.72. The van der Waals surface area contributed by atoms with Gasteiger partial charge in [-0.2, -0.15) is 10.2 Å². The molecule has 104 valence electrons. The molecule has 0 atom stereocenters. The standard InChI is InChI=1S/C16H19N3O/c1-20-16-7-3-2-6-15(16)12-9-14(10-12)17-11-13-5-4-8-18-19-13/h2-8,12,14,17H,9-11H2,1H3. The number of para-hydroxylation sites is 1. The van der Waals surface area contributed by atoms with Crippen molar-refractivity contribution in [2.24, 2.45) is 0 Å². The third kappa shape index (κ3) is 2.80. The molecule has 0 spiro atoms. The second-order valence-corrected chi connectivity index (χ2v) is 5.20. The van der Waals surface area contributed by atoms with Gasteiger partial charge in [0, 0.05) is 18.8 Å². The lowest BCUT2D eigenvalue weighted by Gasteiger charge is -2.36. The molecule has 1 aromatic carbocycles. The molecule has 1 aliphatic carbocycles. The molecule has 20 heavy (non-hydrogen) atoms. The van der Waals surface area contributed by atoms with E-state index in [1.165, 1.54) is 5.56 Å².